The third kappa shape index (κ3) is 7.17. The predicted molar refractivity (Wildman–Crippen MR) is 129 cm³/mol. The van der Waals surface area contributed by atoms with Crippen LogP contribution in [0.4, 0.5) is 0 Å². The number of hydrogen-bond donors (Lipinski definition) is 2. The third-order valence-corrected chi connectivity index (χ3v) is 8.13. The lowest BCUT2D eigenvalue weighted by Crippen LogP contribution is -2.55. The van der Waals surface area contributed by atoms with Gasteiger partial charge in [-0.25, -0.2) is 9.36 Å². The van der Waals surface area contributed by atoms with Crippen LogP contribution in [0.2, 0.25) is 0 Å². The highest BCUT2D eigenvalue weighted by molar-refractivity contribution is 7.46. The van der Waals surface area contributed by atoms with E-state index in [2.05, 4.69) is 11.1 Å². The van der Waals surface area contributed by atoms with Crippen LogP contribution >= 0.6 is 7.82 Å². The number of hydrogen-bond acceptors (Lipinski definition) is 8. The molecule has 0 aromatic carbocycles. The SMILES string of the molecule is C=C(C(=O)OCCCCCCCCCCOP(=O)(O)O)C12CC1CC(C(=O)OCC)(C1OC(C)O1)C2. The summed E-state index contributed by atoms with van der Waals surface area (Å²) in [5.74, 6) is -0.545. The minimum Gasteiger partial charge on any atom is -0.465 e. The number of esters is 2. The van der Waals surface area contributed by atoms with Crippen LogP contribution in [0.15, 0.2) is 12.2 Å². The minimum atomic E-state index is -4.35. The van der Waals surface area contributed by atoms with Gasteiger partial charge in [-0.3, -0.25) is 9.32 Å². The van der Waals surface area contributed by atoms with E-state index >= 15 is 0 Å². The van der Waals surface area contributed by atoms with Crippen LogP contribution in [0.1, 0.15) is 84.5 Å². The molecule has 3 aliphatic rings. The Kier molecular flexibility index (Phi) is 10.2. The zero-order chi connectivity index (χ0) is 26.4. The summed E-state index contributed by atoms with van der Waals surface area (Å²) >= 11 is 0. The van der Waals surface area contributed by atoms with Gasteiger partial charge in [0.25, 0.3) is 0 Å². The van der Waals surface area contributed by atoms with Crippen LogP contribution in [0.25, 0.3) is 0 Å². The molecule has 206 valence electrons. The highest BCUT2D eigenvalue weighted by Gasteiger charge is 2.73. The molecule has 10 nitrogen and oxygen atoms in total. The number of rotatable bonds is 17. The quantitative estimate of drug-likeness (QED) is 0.120. The second-order valence-corrected chi connectivity index (χ2v) is 11.5. The van der Waals surface area contributed by atoms with E-state index in [-0.39, 0.29) is 31.4 Å². The zero-order valence-electron chi connectivity index (χ0n) is 21.4. The molecule has 1 aliphatic heterocycles. The Bertz CT molecular complexity index is 835. The van der Waals surface area contributed by atoms with Gasteiger partial charge in [-0.05, 0) is 51.9 Å². The average molecular weight is 533 g/mol. The molecule has 0 radical (unpaired) electrons. The van der Waals surface area contributed by atoms with E-state index in [9.17, 15) is 14.2 Å². The number of carbonyl (C=O) groups excluding carboxylic acids is 2. The number of phosphoric acid groups is 1. The first-order chi connectivity index (χ1) is 17.0. The van der Waals surface area contributed by atoms with Crippen molar-refractivity contribution in [1.82, 2.24) is 0 Å². The molecule has 36 heavy (non-hydrogen) atoms. The molecule has 0 bridgehead atoms. The predicted octanol–water partition coefficient (Wildman–Crippen LogP) is 4.38. The van der Waals surface area contributed by atoms with E-state index in [0.29, 0.717) is 31.4 Å². The fourth-order valence-corrected chi connectivity index (χ4v) is 6.01. The van der Waals surface area contributed by atoms with E-state index in [4.69, 9.17) is 28.7 Å². The molecule has 2 N–H and O–H groups in total. The summed E-state index contributed by atoms with van der Waals surface area (Å²) in [5.41, 5.74) is -0.902. The molecule has 1 heterocycles. The average Bonchev–Trinajstić information content (AvgIpc) is 3.37. The Morgan fingerprint density at radius 3 is 2.06 bits per heavy atom. The number of carbonyl (C=O) groups is 2. The summed E-state index contributed by atoms with van der Waals surface area (Å²) < 4.78 is 37.3. The maximum absolute atomic E-state index is 12.9. The first-order valence-electron chi connectivity index (χ1n) is 13.1. The van der Waals surface area contributed by atoms with Gasteiger partial charge in [-0.15, -0.1) is 0 Å². The van der Waals surface area contributed by atoms with Gasteiger partial charge in [0.1, 0.15) is 5.41 Å². The van der Waals surface area contributed by atoms with Gasteiger partial charge in [0, 0.05) is 11.0 Å². The molecule has 0 spiro atoms. The van der Waals surface area contributed by atoms with E-state index in [1.807, 2.05) is 0 Å². The van der Waals surface area contributed by atoms with Crippen molar-refractivity contribution in [2.75, 3.05) is 19.8 Å². The molecule has 3 fully saturated rings. The number of ether oxygens (including phenoxy) is 4. The molecule has 0 aromatic heterocycles. The van der Waals surface area contributed by atoms with E-state index in [0.717, 1.165) is 51.4 Å². The van der Waals surface area contributed by atoms with Crippen molar-refractivity contribution in [2.45, 2.75) is 97.1 Å². The summed E-state index contributed by atoms with van der Waals surface area (Å²) in [5, 5.41) is 0. The van der Waals surface area contributed by atoms with Gasteiger partial charge >= 0.3 is 19.8 Å². The topological polar surface area (TPSA) is 138 Å². The van der Waals surface area contributed by atoms with Crippen LogP contribution in [-0.4, -0.2) is 54.1 Å². The lowest BCUT2D eigenvalue weighted by molar-refractivity contribution is -0.407. The summed E-state index contributed by atoms with van der Waals surface area (Å²) in [6.45, 7) is 8.31. The Morgan fingerprint density at radius 2 is 1.50 bits per heavy atom. The van der Waals surface area contributed by atoms with Crippen LogP contribution in [0, 0.1) is 16.7 Å². The van der Waals surface area contributed by atoms with Gasteiger partial charge in [0.15, 0.2) is 12.6 Å². The number of fused-ring (bicyclic) bond motifs is 1. The first-order valence-corrected chi connectivity index (χ1v) is 14.6. The van der Waals surface area contributed by atoms with Crippen LogP contribution in [-0.2, 0) is 37.6 Å². The van der Waals surface area contributed by atoms with Gasteiger partial charge < -0.3 is 28.7 Å². The molecule has 0 aromatic rings. The lowest BCUT2D eigenvalue weighted by atomic mass is 9.77. The summed E-state index contributed by atoms with van der Waals surface area (Å²) in [4.78, 5) is 42.8. The van der Waals surface area contributed by atoms with Crippen LogP contribution in [0.3, 0.4) is 0 Å². The second-order valence-electron chi connectivity index (χ2n) is 10.3. The third-order valence-electron chi connectivity index (χ3n) is 7.62. The molecule has 0 amide bonds. The van der Waals surface area contributed by atoms with Crippen molar-refractivity contribution < 1.29 is 47.4 Å². The fraction of sp³-hybridized carbons (Fsp3) is 0.840. The summed E-state index contributed by atoms with van der Waals surface area (Å²) in [7, 11) is -4.35. The Labute approximate surface area is 213 Å². The van der Waals surface area contributed by atoms with Crippen molar-refractivity contribution in [3.63, 3.8) is 0 Å². The van der Waals surface area contributed by atoms with E-state index in [1.54, 1.807) is 13.8 Å². The highest BCUT2D eigenvalue weighted by atomic mass is 31.2. The Balaban J connectivity index is 1.30. The van der Waals surface area contributed by atoms with Crippen molar-refractivity contribution >= 4 is 19.8 Å². The van der Waals surface area contributed by atoms with Crippen molar-refractivity contribution in [1.29, 1.82) is 0 Å². The largest absolute Gasteiger partial charge is 0.469 e. The highest BCUT2D eigenvalue weighted by Crippen LogP contribution is 2.74. The molecule has 3 rings (SSSR count). The fourth-order valence-electron chi connectivity index (χ4n) is 5.64. The monoisotopic (exact) mass is 532 g/mol. The van der Waals surface area contributed by atoms with Crippen molar-refractivity contribution in [3.05, 3.63) is 12.2 Å². The normalized spacial score (nSPS) is 30.8. The maximum atomic E-state index is 12.9. The van der Waals surface area contributed by atoms with E-state index in [1.165, 1.54) is 0 Å². The van der Waals surface area contributed by atoms with Gasteiger partial charge in [0.2, 0.25) is 0 Å². The second kappa shape index (κ2) is 12.5. The number of unbranched alkanes of at least 4 members (excludes halogenated alkanes) is 7. The molecule has 2 aliphatic carbocycles. The molecule has 11 heteroatoms. The Hall–Kier alpha value is -1.29. The smallest absolute Gasteiger partial charge is 0.465 e. The van der Waals surface area contributed by atoms with Crippen molar-refractivity contribution in [3.8, 4) is 0 Å². The maximum Gasteiger partial charge on any atom is 0.469 e. The lowest BCUT2D eigenvalue weighted by Gasteiger charge is -2.45. The number of phosphoric ester groups is 1. The van der Waals surface area contributed by atoms with Crippen LogP contribution in [0.5, 0.6) is 0 Å². The van der Waals surface area contributed by atoms with Gasteiger partial charge in [0.05, 0.1) is 19.8 Å². The van der Waals surface area contributed by atoms with Gasteiger partial charge in [-0.1, -0.05) is 45.1 Å². The Morgan fingerprint density at radius 1 is 0.944 bits per heavy atom. The standard InChI is InChI=1S/C25H41O10P/c1-4-31-22(27)25(23-34-19(3)35-23)16-20-15-24(20,17-25)18(2)21(26)32-13-11-9-7-5-6-8-10-12-14-33-36(28,29)30/h19-20,23H,2,4-17H2,1,3H3,(H2,28,29,30). The zero-order valence-corrected chi connectivity index (χ0v) is 22.3. The molecular formula is C25H41O10P. The molecule has 3 atom stereocenters. The first kappa shape index (κ1) is 29.3. The molecule has 1 saturated heterocycles. The van der Waals surface area contributed by atoms with E-state index < -0.39 is 30.9 Å². The van der Waals surface area contributed by atoms with Crippen LogP contribution < -0.4 is 0 Å². The molecule has 3 unspecified atom stereocenters. The molecular weight excluding hydrogens is 491 g/mol. The summed E-state index contributed by atoms with van der Waals surface area (Å²) in [6, 6.07) is 0. The van der Waals surface area contributed by atoms with Gasteiger partial charge in [-0.2, -0.15) is 0 Å². The van der Waals surface area contributed by atoms with Crippen molar-refractivity contribution in [2.24, 2.45) is 16.7 Å². The molecule has 2 saturated carbocycles. The summed E-state index contributed by atoms with van der Waals surface area (Å²) in [6.07, 6.45) is 8.18. The minimum absolute atomic E-state index is 0.0775.